The third-order valence-corrected chi connectivity index (χ3v) is 18.3. The van der Waals surface area contributed by atoms with E-state index in [0.29, 0.717) is 0 Å². The predicted molar refractivity (Wildman–Crippen MR) is 340 cm³/mol. The lowest BCUT2D eigenvalue weighted by Gasteiger charge is -2.30. The standard InChI is InChI=1S/C79H48N2/c1-3-21-52(22-4-1)80-72-38-15-11-28-59(72)66-46-50(41-44-74(66)80)54-30-17-32-61-64(54)48-65-55(51-42-45-75-67(47-51)60-29-12-16-39-73(60)81(75)53-23-5-2-6-24-53)31-18-33-62(65)76(61)63-34-19-37-70-78(63)77-56-25-8-7-20-49(56)40-43-71(77)79(70)68-35-13-9-26-57(68)58-27-10-14-36-69(58)79/h1-48H. The van der Waals surface area contributed by atoms with Crippen molar-refractivity contribution in [3.63, 3.8) is 0 Å². The smallest absolute Gasteiger partial charge is 0.0725 e. The molecule has 2 aromatic heterocycles. The Morgan fingerprint density at radius 1 is 0.210 bits per heavy atom. The summed E-state index contributed by atoms with van der Waals surface area (Å²) in [5.41, 5.74) is 24.5. The Bertz CT molecular complexity index is 5080. The van der Waals surface area contributed by atoms with Crippen LogP contribution in [-0.2, 0) is 5.41 Å². The minimum Gasteiger partial charge on any atom is -0.309 e. The molecular weight excluding hydrogens is 977 g/mol. The third kappa shape index (κ3) is 6.00. The zero-order chi connectivity index (χ0) is 52.9. The third-order valence-electron chi connectivity index (χ3n) is 18.3. The van der Waals surface area contributed by atoms with Gasteiger partial charge in [-0.25, -0.2) is 0 Å². The van der Waals surface area contributed by atoms with Crippen molar-refractivity contribution in [2.24, 2.45) is 0 Å². The van der Waals surface area contributed by atoms with Gasteiger partial charge >= 0.3 is 0 Å². The highest BCUT2D eigenvalue weighted by Crippen LogP contribution is 2.65. The van der Waals surface area contributed by atoms with E-state index in [1.54, 1.807) is 0 Å². The van der Waals surface area contributed by atoms with Crippen LogP contribution in [0.5, 0.6) is 0 Å². The lowest BCUT2D eigenvalue weighted by Crippen LogP contribution is -2.25. The number of benzene rings is 14. The molecule has 2 aliphatic carbocycles. The number of rotatable bonds is 5. The molecule has 0 N–H and O–H groups in total. The van der Waals surface area contributed by atoms with Gasteiger partial charge in [0.25, 0.3) is 0 Å². The van der Waals surface area contributed by atoms with Crippen molar-refractivity contribution in [1.29, 1.82) is 0 Å². The van der Waals surface area contributed by atoms with Crippen LogP contribution in [0.1, 0.15) is 22.3 Å². The summed E-state index contributed by atoms with van der Waals surface area (Å²) < 4.78 is 4.82. The maximum Gasteiger partial charge on any atom is 0.0725 e. The number of aromatic nitrogens is 2. The normalized spacial score (nSPS) is 13.0. The van der Waals surface area contributed by atoms with Crippen molar-refractivity contribution in [3.05, 3.63) is 313 Å². The van der Waals surface area contributed by atoms with Gasteiger partial charge in [0.15, 0.2) is 0 Å². The van der Waals surface area contributed by atoms with E-state index >= 15 is 0 Å². The molecule has 0 saturated carbocycles. The van der Waals surface area contributed by atoms with E-state index in [2.05, 4.69) is 300 Å². The van der Waals surface area contributed by atoms with E-state index in [-0.39, 0.29) is 0 Å². The van der Waals surface area contributed by atoms with Gasteiger partial charge in [-0.15, -0.1) is 0 Å². The van der Waals surface area contributed by atoms with Crippen LogP contribution >= 0.6 is 0 Å². The molecule has 0 unspecified atom stereocenters. The molecule has 0 bridgehead atoms. The van der Waals surface area contributed by atoms with Crippen LogP contribution in [0.4, 0.5) is 0 Å². The highest BCUT2D eigenvalue weighted by atomic mass is 15.0. The van der Waals surface area contributed by atoms with Gasteiger partial charge in [-0.1, -0.05) is 224 Å². The summed E-state index contributed by atoms with van der Waals surface area (Å²) in [6.45, 7) is 0. The molecular formula is C79H48N2. The number of hydrogen-bond donors (Lipinski definition) is 0. The maximum atomic E-state index is 2.52. The summed E-state index contributed by atoms with van der Waals surface area (Å²) in [7, 11) is 0. The Morgan fingerprint density at radius 3 is 1.21 bits per heavy atom. The van der Waals surface area contributed by atoms with Crippen LogP contribution in [0.3, 0.4) is 0 Å². The van der Waals surface area contributed by atoms with E-state index < -0.39 is 5.41 Å². The van der Waals surface area contributed by atoms with Gasteiger partial charge in [0.2, 0.25) is 0 Å². The predicted octanol–water partition coefficient (Wildman–Crippen LogP) is 20.7. The second-order valence-corrected chi connectivity index (χ2v) is 22.2. The molecule has 374 valence electrons. The Labute approximate surface area is 468 Å². The second-order valence-electron chi connectivity index (χ2n) is 22.2. The minimum absolute atomic E-state index is 0.517. The number of hydrogen-bond acceptors (Lipinski definition) is 0. The zero-order valence-corrected chi connectivity index (χ0v) is 44.1. The molecule has 1 spiro atoms. The van der Waals surface area contributed by atoms with E-state index in [4.69, 9.17) is 0 Å². The minimum atomic E-state index is -0.517. The van der Waals surface area contributed by atoms with Gasteiger partial charge in [0.1, 0.15) is 0 Å². The molecule has 0 radical (unpaired) electrons. The monoisotopic (exact) mass is 1020 g/mol. The molecule has 2 aliphatic rings. The fourth-order valence-electron chi connectivity index (χ4n) is 15.1. The maximum absolute atomic E-state index is 2.52. The average Bonchev–Trinajstić information content (AvgIpc) is 3.94. The number of fused-ring (bicyclic) bond motifs is 20. The van der Waals surface area contributed by atoms with Crippen LogP contribution < -0.4 is 0 Å². The summed E-state index contributed by atoms with van der Waals surface area (Å²) in [4.78, 5) is 0. The Hall–Kier alpha value is -10.5. The second kappa shape index (κ2) is 16.7. The molecule has 0 aliphatic heterocycles. The summed E-state index contributed by atoms with van der Waals surface area (Å²) in [5, 5.41) is 12.4. The van der Waals surface area contributed by atoms with Crippen molar-refractivity contribution < 1.29 is 0 Å². The SMILES string of the molecule is c1ccc(-n2c3ccccc3c3cc(-c4cccc5c(-c6cccc7c6-c6c(ccc8ccccc68)C76c7ccccc7-c7ccccc76)c6cccc(-c7ccc8c(c7)c7ccccc7n8-c7ccccc7)c6cc45)ccc32)cc1. The lowest BCUT2D eigenvalue weighted by atomic mass is 9.70. The lowest BCUT2D eigenvalue weighted by molar-refractivity contribution is 0.794. The fourth-order valence-corrected chi connectivity index (χ4v) is 15.1. The Morgan fingerprint density at radius 2 is 0.630 bits per heavy atom. The number of nitrogens with zero attached hydrogens (tertiary/aromatic N) is 2. The van der Waals surface area contributed by atoms with Crippen molar-refractivity contribution in [1.82, 2.24) is 9.13 Å². The van der Waals surface area contributed by atoms with E-state index in [1.807, 2.05) is 0 Å². The quantitative estimate of drug-likeness (QED) is 0.152. The van der Waals surface area contributed by atoms with E-state index in [9.17, 15) is 0 Å². The molecule has 14 aromatic carbocycles. The summed E-state index contributed by atoms with van der Waals surface area (Å²) in [6.07, 6.45) is 0. The van der Waals surface area contributed by atoms with Gasteiger partial charge in [0, 0.05) is 32.9 Å². The summed E-state index contributed by atoms with van der Waals surface area (Å²) in [5.74, 6) is 0. The first-order valence-electron chi connectivity index (χ1n) is 28.2. The molecule has 0 saturated heterocycles. The average molecular weight is 1030 g/mol. The van der Waals surface area contributed by atoms with E-state index in [0.717, 1.165) is 11.4 Å². The molecule has 2 nitrogen and oxygen atoms in total. The van der Waals surface area contributed by atoms with Gasteiger partial charge in [-0.2, -0.15) is 0 Å². The first-order chi connectivity index (χ1) is 40.2. The molecule has 81 heavy (non-hydrogen) atoms. The summed E-state index contributed by atoms with van der Waals surface area (Å²) in [6, 6.07) is 110. The van der Waals surface area contributed by atoms with Crippen molar-refractivity contribution in [3.8, 4) is 67.0 Å². The van der Waals surface area contributed by atoms with Crippen LogP contribution in [0.2, 0.25) is 0 Å². The Kier molecular flexibility index (Phi) is 9.18. The molecule has 0 fully saturated rings. The van der Waals surface area contributed by atoms with E-state index in [1.165, 1.54) is 154 Å². The number of para-hydroxylation sites is 4. The van der Waals surface area contributed by atoms with Gasteiger partial charge < -0.3 is 9.13 Å². The molecule has 2 heteroatoms. The van der Waals surface area contributed by atoms with Gasteiger partial charge in [-0.05, 0) is 177 Å². The van der Waals surface area contributed by atoms with Crippen molar-refractivity contribution in [2.45, 2.75) is 5.41 Å². The molecule has 18 rings (SSSR count). The zero-order valence-electron chi connectivity index (χ0n) is 44.1. The molecule has 16 aromatic rings. The van der Waals surface area contributed by atoms with Gasteiger partial charge in [0.05, 0.1) is 27.5 Å². The van der Waals surface area contributed by atoms with Crippen LogP contribution in [-0.4, -0.2) is 9.13 Å². The molecule has 0 atom stereocenters. The highest BCUT2D eigenvalue weighted by molar-refractivity contribution is 6.23. The van der Waals surface area contributed by atoms with Gasteiger partial charge in [-0.3, -0.25) is 0 Å². The highest BCUT2D eigenvalue weighted by Gasteiger charge is 2.52. The van der Waals surface area contributed by atoms with Crippen LogP contribution in [0.15, 0.2) is 291 Å². The van der Waals surface area contributed by atoms with Crippen LogP contribution in [0, 0.1) is 0 Å². The molecule has 0 amide bonds. The first-order valence-corrected chi connectivity index (χ1v) is 28.2. The molecule has 2 heterocycles. The Balaban J connectivity index is 0.960. The largest absolute Gasteiger partial charge is 0.309 e. The first kappa shape index (κ1) is 44.4. The van der Waals surface area contributed by atoms with Crippen molar-refractivity contribution in [2.75, 3.05) is 0 Å². The summed E-state index contributed by atoms with van der Waals surface area (Å²) >= 11 is 0. The fraction of sp³-hybridized carbons (Fsp3) is 0.0127. The van der Waals surface area contributed by atoms with Crippen molar-refractivity contribution >= 4 is 75.9 Å². The topological polar surface area (TPSA) is 9.86 Å². The van der Waals surface area contributed by atoms with Crippen LogP contribution in [0.25, 0.3) is 143 Å².